The maximum Gasteiger partial charge on any atom is 0.343 e. The molecule has 0 aliphatic carbocycles. The van der Waals surface area contributed by atoms with Crippen LogP contribution in [0.1, 0.15) is 19.4 Å². The van der Waals surface area contributed by atoms with Crippen molar-refractivity contribution in [2.24, 2.45) is 4.99 Å². The van der Waals surface area contributed by atoms with Gasteiger partial charge >= 0.3 is 5.97 Å². The molecule has 0 saturated heterocycles. The van der Waals surface area contributed by atoms with Crippen LogP contribution in [0.3, 0.4) is 0 Å². The number of carbonyl (C=O) groups is 1. The van der Waals surface area contributed by atoms with Crippen LogP contribution in [-0.2, 0) is 9.53 Å². The van der Waals surface area contributed by atoms with E-state index in [2.05, 4.69) is 4.99 Å². The monoisotopic (exact) mass is 373 g/mol. The van der Waals surface area contributed by atoms with Gasteiger partial charge in [-0.05, 0) is 50.2 Å². The van der Waals surface area contributed by atoms with Gasteiger partial charge in [-0.1, -0.05) is 23.7 Å². The van der Waals surface area contributed by atoms with Crippen molar-refractivity contribution in [2.75, 3.05) is 13.2 Å². The number of halogens is 1. The lowest BCUT2D eigenvalue weighted by Crippen LogP contribution is -2.11. The number of hydrogen-bond donors (Lipinski definition) is 1. The van der Waals surface area contributed by atoms with E-state index in [4.69, 9.17) is 21.1 Å². The molecule has 2 aromatic rings. The highest BCUT2D eigenvalue weighted by Gasteiger charge is 2.18. The first-order valence-electron chi connectivity index (χ1n) is 8.19. The number of hydrogen-bond acceptors (Lipinski definition) is 5. The highest BCUT2D eigenvalue weighted by atomic mass is 35.5. The Balaban J connectivity index is 2.37. The van der Waals surface area contributed by atoms with Gasteiger partial charge in [-0.15, -0.1) is 0 Å². The van der Waals surface area contributed by atoms with E-state index in [1.165, 1.54) is 6.21 Å². The summed E-state index contributed by atoms with van der Waals surface area (Å²) in [6.07, 6.45) is 1.27. The van der Waals surface area contributed by atoms with E-state index < -0.39 is 5.97 Å². The minimum absolute atomic E-state index is 0.0752. The van der Waals surface area contributed by atoms with Gasteiger partial charge in [0.2, 0.25) is 0 Å². The van der Waals surface area contributed by atoms with Crippen molar-refractivity contribution >= 4 is 35.2 Å². The Bertz CT molecular complexity index is 813. The maximum absolute atomic E-state index is 12.2. The second-order valence-corrected chi connectivity index (χ2v) is 5.55. The fraction of sp³-hybridized carbons (Fsp3) is 0.200. The van der Waals surface area contributed by atoms with Crippen LogP contribution in [0.25, 0.3) is 5.76 Å². The van der Waals surface area contributed by atoms with Crippen LogP contribution in [0.5, 0.6) is 5.75 Å². The first-order valence-corrected chi connectivity index (χ1v) is 8.56. The summed E-state index contributed by atoms with van der Waals surface area (Å²) in [5.74, 6) is -0.241. The van der Waals surface area contributed by atoms with Crippen LogP contribution in [0.15, 0.2) is 59.1 Å². The summed E-state index contributed by atoms with van der Waals surface area (Å²) in [4.78, 5) is 16.5. The van der Waals surface area contributed by atoms with E-state index in [0.29, 0.717) is 22.9 Å². The molecule has 5 nitrogen and oxygen atoms in total. The molecule has 2 aromatic carbocycles. The van der Waals surface area contributed by atoms with Gasteiger partial charge in [0.25, 0.3) is 0 Å². The number of benzene rings is 2. The van der Waals surface area contributed by atoms with Crippen molar-refractivity contribution in [1.29, 1.82) is 0 Å². The highest BCUT2D eigenvalue weighted by Crippen LogP contribution is 2.25. The van der Waals surface area contributed by atoms with Crippen LogP contribution in [0.4, 0.5) is 5.69 Å². The number of aliphatic imine (C=N–C) groups is 1. The molecule has 0 bridgehead atoms. The summed E-state index contributed by atoms with van der Waals surface area (Å²) in [7, 11) is 0. The molecule has 0 saturated carbocycles. The Hall–Kier alpha value is -2.79. The summed E-state index contributed by atoms with van der Waals surface area (Å²) < 4.78 is 10.4. The smallest absolute Gasteiger partial charge is 0.343 e. The van der Waals surface area contributed by atoms with E-state index >= 15 is 0 Å². The lowest BCUT2D eigenvalue weighted by molar-refractivity contribution is -0.137. The van der Waals surface area contributed by atoms with Crippen LogP contribution in [0, 0.1) is 0 Å². The number of carbonyl (C=O) groups excluding carboxylic acids is 1. The summed E-state index contributed by atoms with van der Waals surface area (Å²) in [5, 5.41) is 10.9. The summed E-state index contributed by atoms with van der Waals surface area (Å²) >= 11 is 6.10. The number of aliphatic hydroxyl groups is 1. The normalized spacial score (nSPS) is 12.0. The van der Waals surface area contributed by atoms with E-state index in [1.54, 1.807) is 55.5 Å². The zero-order chi connectivity index (χ0) is 18.9. The molecule has 0 spiro atoms. The first kappa shape index (κ1) is 19.5. The van der Waals surface area contributed by atoms with Crippen molar-refractivity contribution in [3.05, 3.63) is 64.7 Å². The Morgan fingerprint density at radius 3 is 2.42 bits per heavy atom. The number of rotatable bonds is 7. The first-order chi connectivity index (χ1) is 12.6. The van der Waals surface area contributed by atoms with Gasteiger partial charge in [0, 0.05) is 11.8 Å². The fourth-order valence-electron chi connectivity index (χ4n) is 2.15. The number of esters is 1. The van der Waals surface area contributed by atoms with Gasteiger partial charge in [-0.2, -0.15) is 0 Å². The van der Waals surface area contributed by atoms with E-state index in [9.17, 15) is 9.90 Å². The number of ether oxygens (including phenoxy) is 2. The quantitative estimate of drug-likeness (QED) is 0.322. The predicted molar refractivity (Wildman–Crippen MR) is 103 cm³/mol. The summed E-state index contributed by atoms with van der Waals surface area (Å²) in [5.41, 5.74) is 0.853. The lowest BCUT2D eigenvalue weighted by Gasteiger charge is -2.08. The molecule has 0 unspecified atom stereocenters. The van der Waals surface area contributed by atoms with Crippen LogP contribution < -0.4 is 4.74 Å². The second kappa shape index (κ2) is 9.63. The maximum atomic E-state index is 12.2. The predicted octanol–water partition coefficient (Wildman–Crippen LogP) is 4.97. The minimum Gasteiger partial charge on any atom is -0.506 e. The Morgan fingerprint density at radius 2 is 1.81 bits per heavy atom. The minimum atomic E-state index is -0.681. The molecule has 0 heterocycles. The molecule has 0 amide bonds. The molecule has 0 aliphatic rings. The molecule has 6 heteroatoms. The van der Waals surface area contributed by atoms with Gasteiger partial charge < -0.3 is 14.6 Å². The molecule has 1 N–H and O–H groups in total. The van der Waals surface area contributed by atoms with Crippen molar-refractivity contribution in [3.63, 3.8) is 0 Å². The fourth-order valence-corrected chi connectivity index (χ4v) is 2.38. The zero-order valence-corrected chi connectivity index (χ0v) is 15.4. The molecule has 0 aromatic heterocycles. The second-order valence-electron chi connectivity index (χ2n) is 5.15. The summed E-state index contributed by atoms with van der Waals surface area (Å²) in [6, 6.07) is 13.7. The van der Waals surface area contributed by atoms with E-state index in [0.717, 1.165) is 5.75 Å². The number of aliphatic hydroxyl groups excluding tert-OH is 1. The standard InChI is InChI=1S/C20H20ClNO4/c1-3-25-15-11-9-14(10-12-15)22-13-17(20(24)26-4-2)19(23)16-7-5-6-8-18(16)21/h5-13,23H,3-4H2,1-2H3. The Kier molecular flexibility index (Phi) is 7.24. The highest BCUT2D eigenvalue weighted by molar-refractivity contribution is 6.32. The van der Waals surface area contributed by atoms with E-state index in [-0.39, 0.29) is 17.9 Å². The zero-order valence-electron chi connectivity index (χ0n) is 14.6. The molecular weight excluding hydrogens is 354 g/mol. The van der Waals surface area contributed by atoms with Crippen molar-refractivity contribution in [1.82, 2.24) is 0 Å². The Morgan fingerprint density at radius 1 is 1.12 bits per heavy atom. The molecule has 0 radical (unpaired) electrons. The van der Waals surface area contributed by atoms with Gasteiger partial charge in [0.1, 0.15) is 17.1 Å². The van der Waals surface area contributed by atoms with Crippen molar-refractivity contribution in [2.45, 2.75) is 13.8 Å². The lowest BCUT2D eigenvalue weighted by atomic mass is 10.1. The largest absolute Gasteiger partial charge is 0.506 e. The summed E-state index contributed by atoms with van der Waals surface area (Å²) in [6.45, 7) is 4.34. The molecule has 136 valence electrons. The molecular formula is C20H20ClNO4. The average Bonchev–Trinajstić information content (AvgIpc) is 2.64. The SMILES string of the molecule is CCOC(=O)C(C=Nc1ccc(OCC)cc1)=C(O)c1ccccc1Cl. The van der Waals surface area contributed by atoms with Crippen LogP contribution in [-0.4, -0.2) is 30.5 Å². The van der Waals surface area contributed by atoms with Crippen LogP contribution >= 0.6 is 11.6 Å². The van der Waals surface area contributed by atoms with Crippen molar-refractivity contribution < 1.29 is 19.4 Å². The van der Waals surface area contributed by atoms with E-state index in [1.807, 2.05) is 6.92 Å². The molecule has 0 aliphatic heterocycles. The molecule has 0 atom stereocenters. The van der Waals surface area contributed by atoms with Crippen molar-refractivity contribution in [3.8, 4) is 5.75 Å². The average molecular weight is 374 g/mol. The topological polar surface area (TPSA) is 68.1 Å². The van der Waals surface area contributed by atoms with Gasteiger partial charge in [-0.25, -0.2) is 4.79 Å². The van der Waals surface area contributed by atoms with Gasteiger partial charge in [0.05, 0.1) is 23.9 Å². The molecule has 2 rings (SSSR count). The Labute approximate surface area is 157 Å². The molecule has 0 fully saturated rings. The van der Waals surface area contributed by atoms with Crippen LogP contribution in [0.2, 0.25) is 5.02 Å². The number of nitrogens with zero attached hydrogens (tertiary/aromatic N) is 1. The third-order valence-electron chi connectivity index (χ3n) is 3.37. The van der Waals surface area contributed by atoms with Gasteiger partial charge in [0.15, 0.2) is 0 Å². The third kappa shape index (κ3) is 5.10. The van der Waals surface area contributed by atoms with Gasteiger partial charge in [-0.3, -0.25) is 4.99 Å². The third-order valence-corrected chi connectivity index (χ3v) is 3.70. The molecule has 26 heavy (non-hydrogen) atoms.